The summed E-state index contributed by atoms with van der Waals surface area (Å²) >= 11 is 0. The first-order valence-electron chi connectivity index (χ1n) is 5.61. The Labute approximate surface area is 103 Å². The summed E-state index contributed by atoms with van der Waals surface area (Å²) in [5.74, 6) is -1.09. The molecule has 2 rings (SSSR count). The lowest BCUT2D eigenvalue weighted by Gasteiger charge is -2.07. The van der Waals surface area contributed by atoms with Gasteiger partial charge < -0.3 is 14.9 Å². The van der Waals surface area contributed by atoms with E-state index in [1.807, 2.05) is 6.92 Å². The number of carbonyl (C=O) groups excluding carboxylic acids is 1. The number of hydrogen-bond acceptors (Lipinski definition) is 5. The van der Waals surface area contributed by atoms with E-state index < -0.39 is 11.7 Å². The zero-order chi connectivity index (χ0) is 13.3. The van der Waals surface area contributed by atoms with Crippen molar-refractivity contribution in [3.8, 4) is 0 Å². The lowest BCUT2D eigenvalue weighted by atomic mass is 10.1. The van der Waals surface area contributed by atoms with Crippen LogP contribution in [0.25, 0.3) is 11.1 Å². The minimum Gasteiger partial charge on any atom is -0.462 e. The van der Waals surface area contributed by atoms with E-state index in [1.54, 1.807) is 6.07 Å². The number of esters is 1. The highest BCUT2D eigenvalue weighted by atomic mass is 16.5. The number of anilines is 1. The standard InChI is InChI=1S/C12H14N2O4/c1-3-6-17-11(15)9-7(13)4-5-8-10(9)14(2)12(16)18-8/h4-5H,3,6,13H2,1-2H3. The molecule has 0 bridgehead atoms. The van der Waals surface area contributed by atoms with Crippen LogP contribution in [0.2, 0.25) is 0 Å². The third kappa shape index (κ3) is 1.85. The van der Waals surface area contributed by atoms with E-state index in [1.165, 1.54) is 17.7 Å². The summed E-state index contributed by atoms with van der Waals surface area (Å²) in [5.41, 5.74) is 6.90. The number of aromatic nitrogens is 1. The number of nitrogens with zero attached hydrogens (tertiary/aromatic N) is 1. The molecule has 0 saturated heterocycles. The van der Waals surface area contributed by atoms with Gasteiger partial charge in [0, 0.05) is 12.7 Å². The molecule has 0 aliphatic carbocycles. The van der Waals surface area contributed by atoms with Gasteiger partial charge in [-0.1, -0.05) is 6.92 Å². The smallest absolute Gasteiger partial charge is 0.419 e. The van der Waals surface area contributed by atoms with E-state index in [-0.39, 0.29) is 11.3 Å². The molecule has 6 nitrogen and oxygen atoms in total. The molecule has 0 aliphatic heterocycles. The maximum atomic E-state index is 11.9. The largest absolute Gasteiger partial charge is 0.462 e. The molecule has 0 radical (unpaired) electrons. The van der Waals surface area contributed by atoms with Crippen LogP contribution in [0, 0.1) is 0 Å². The van der Waals surface area contributed by atoms with E-state index in [9.17, 15) is 9.59 Å². The van der Waals surface area contributed by atoms with E-state index in [0.717, 1.165) is 0 Å². The molecule has 6 heteroatoms. The predicted molar refractivity (Wildman–Crippen MR) is 66.4 cm³/mol. The molecule has 0 saturated carbocycles. The minimum absolute atomic E-state index is 0.175. The highest BCUT2D eigenvalue weighted by Crippen LogP contribution is 2.24. The van der Waals surface area contributed by atoms with Gasteiger partial charge in [0.05, 0.1) is 6.61 Å². The molecule has 0 fully saturated rings. The highest BCUT2D eigenvalue weighted by molar-refractivity contribution is 6.06. The van der Waals surface area contributed by atoms with Crippen molar-refractivity contribution in [1.29, 1.82) is 0 Å². The number of aryl methyl sites for hydroxylation is 1. The molecule has 18 heavy (non-hydrogen) atoms. The Kier molecular flexibility index (Phi) is 3.10. The van der Waals surface area contributed by atoms with Crippen molar-refractivity contribution in [3.63, 3.8) is 0 Å². The molecule has 96 valence electrons. The predicted octanol–water partition coefficient (Wildman–Crippen LogP) is 1.28. The first kappa shape index (κ1) is 12.2. The lowest BCUT2D eigenvalue weighted by molar-refractivity contribution is 0.0508. The van der Waals surface area contributed by atoms with Gasteiger partial charge >= 0.3 is 11.7 Å². The summed E-state index contributed by atoms with van der Waals surface area (Å²) in [6.07, 6.45) is 0.714. The number of ether oxygens (including phenoxy) is 1. The zero-order valence-electron chi connectivity index (χ0n) is 10.2. The van der Waals surface area contributed by atoms with Crippen LogP contribution in [0.1, 0.15) is 23.7 Å². The van der Waals surface area contributed by atoms with Crippen LogP contribution in [0.15, 0.2) is 21.3 Å². The second kappa shape index (κ2) is 4.56. The molecule has 2 aromatic rings. The van der Waals surface area contributed by atoms with Crippen molar-refractivity contribution >= 4 is 22.8 Å². The van der Waals surface area contributed by atoms with Gasteiger partial charge in [-0.15, -0.1) is 0 Å². The Morgan fingerprint density at radius 3 is 2.89 bits per heavy atom. The topological polar surface area (TPSA) is 87.5 Å². The van der Waals surface area contributed by atoms with Crippen molar-refractivity contribution < 1.29 is 13.9 Å². The fourth-order valence-electron chi connectivity index (χ4n) is 1.74. The van der Waals surface area contributed by atoms with Gasteiger partial charge in [0.15, 0.2) is 5.58 Å². The number of hydrogen-bond donors (Lipinski definition) is 1. The van der Waals surface area contributed by atoms with Gasteiger partial charge in [-0.05, 0) is 18.6 Å². The van der Waals surface area contributed by atoms with E-state index >= 15 is 0 Å². The molecule has 0 spiro atoms. The van der Waals surface area contributed by atoms with Crippen LogP contribution in [-0.4, -0.2) is 17.1 Å². The van der Waals surface area contributed by atoms with Crippen molar-refractivity contribution in [2.24, 2.45) is 7.05 Å². The van der Waals surface area contributed by atoms with Gasteiger partial charge in [0.25, 0.3) is 0 Å². The van der Waals surface area contributed by atoms with Crippen molar-refractivity contribution in [2.75, 3.05) is 12.3 Å². The van der Waals surface area contributed by atoms with Gasteiger partial charge in [0.2, 0.25) is 0 Å². The molecule has 0 atom stereocenters. The van der Waals surface area contributed by atoms with Gasteiger partial charge in [-0.2, -0.15) is 0 Å². The van der Waals surface area contributed by atoms with Crippen molar-refractivity contribution in [1.82, 2.24) is 4.57 Å². The molecule has 1 aromatic carbocycles. The average molecular weight is 250 g/mol. The number of carbonyl (C=O) groups is 1. The number of nitrogen functional groups attached to an aromatic ring is 1. The van der Waals surface area contributed by atoms with Crippen LogP contribution < -0.4 is 11.5 Å². The molecular formula is C12H14N2O4. The van der Waals surface area contributed by atoms with Crippen LogP contribution in [-0.2, 0) is 11.8 Å². The zero-order valence-corrected chi connectivity index (χ0v) is 10.2. The highest BCUT2D eigenvalue weighted by Gasteiger charge is 2.20. The third-order valence-corrected chi connectivity index (χ3v) is 2.62. The Balaban J connectivity index is 2.64. The number of oxazole rings is 1. The average Bonchev–Trinajstić information content (AvgIpc) is 2.63. The van der Waals surface area contributed by atoms with Crippen LogP contribution in [0.4, 0.5) is 5.69 Å². The lowest BCUT2D eigenvalue weighted by Crippen LogP contribution is -2.14. The maximum absolute atomic E-state index is 11.9. The fourth-order valence-corrected chi connectivity index (χ4v) is 1.74. The Hall–Kier alpha value is -2.24. The van der Waals surface area contributed by atoms with Gasteiger partial charge in [0.1, 0.15) is 11.1 Å². The maximum Gasteiger partial charge on any atom is 0.419 e. The summed E-state index contributed by atoms with van der Waals surface area (Å²) in [6, 6.07) is 3.08. The quantitative estimate of drug-likeness (QED) is 0.655. The summed E-state index contributed by atoms with van der Waals surface area (Å²) in [5, 5.41) is 0. The minimum atomic E-state index is -0.545. The monoisotopic (exact) mass is 250 g/mol. The fraction of sp³-hybridized carbons (Fsp3) is 0.333. The van der Waals surface area contributed by atoms with Gasteiger partial charge in [-0.25, -0.2) is 9.59 Å². The van der Waals surface area contributed by atoms with Crippen molar-refractivity contribution in [3.05, 3.63) is 28.2 Å². The summed E-state index contributed by atoms with van der Waals surface area (Å²) in [4.78, 5) is 23.4. The molecule has 0 aliphatic rings. The molecule has 1 aromatic heterocycles. The molecule has 1 heterocycles. The summed E-state index contributed by atoms with van der Waals surface area (Å²) < 4.78 is 11.3. The summed E-state index contributed by atoms with van der Waals surface area (Å²) in [7, 11) is 1.52. The van der Waals surface area contributed by atoms with Crippen LogP contribution in [0.5, 0.6) is 0 Å². The molecule has 2 N–H and O–H groups in total. The number of rotatable bonds is 3. The van der Waals surface area contributed by atoms with Gasteiger partial charge in [-0.3, -0.25) is 4.57 Å². The first-order chi connectivity index (χ1) is 8.56. The molecule has 0 unspecified atom stereocenters. The molecular weight excluding hydrogens is 236 g/mol. The van der Waals surface area contributed by atoms with Crippen LogP contribution >= 0.6 is 0 Å². The van der Waals surface area contributed by atoms with Crippen molar-refractivity contribution in [2.45, 2.75) is 13.3 Å². The number of benzene rings is 1. The first-order valence-corrected chi connectivity index (χ1v) is 5.61. The second-order valence-corrected chi connectivity index (χ2v) is 3.94. The normalized spacial score (nSPS) is 10.8. The summed E-state index contributed by atoms with van der Waals surface area (Å²) in [6.45, 7) is 2.20. The van der Waals surface area contributed by atoms with E-state index in [4.69, 9.17) is 14.9 Å². The third-order valence-electron chi connectivity index (χ3n) is 2.62. The number of fused-ring (bicyclic) bond motifs is 1. The second-order valence-electron chi connectivity index (χ2n) is 3.94. The Bertz CT molecular complexity index is 654. The SMILES string of the molecule is CCCOC(=O)c1c(N)ccc2oc(=O)n(C)c12. The van der Waals surface area contributed by atoms with Crippen LogP contribution in [0.3, 0.4) is 0 Å². The van der Waals surface area contributed by atoms with E-state index in [0.29, 0.717) is 24.1 Å². The Morgan fingerprint density at radius 2 is 2.22 bits per heavy atom. The van der Waals surface area contributed by atoms with E-state index in [2.05, 4.69) is 0 Å². The molecule has 0 amide bonds. The number of nitrogens with two attached hydrogens (primary N) is 1. The Morgan fingerprint density at radius 1 is 1.50 bits per heavy atom.